The fourth-order valence-electron chi connectivity index (χ4n) is 0.933. The van der Waals surface area contributed by atoms with Crippen LogP contribution in [0.2, 0.25) is 0 Å². The third-order valence-corrected chi connectivity index (χ3v) is 1.87. The minimum Gasteiger partial charge on any atom is -0.446 e. The van der Waals surface area contributed by atoms with Crippen LogP contribution in [0.5, 0.6) is 0 Å². The number of carbonyl (C=O) groups is 1. The lowest BCUT2D eigenvalue weighted by molar-refractivity contribution is 0.0532. The van der Waals surface area contributed by atoms with Crippen molar-refractivity contribution in [3.63, 3.8) is 0 Å². The standard InChI is InChI=1S/C9H14N2O2/c10-6-1-2-7-11-9(12)13-8-4-3-5-8/h8H,3-7,10H2,(H,11,12). The van der Waals surface area contributed by atoms with Crippen molar-refractivity contribution in [2.24, 2.45) is 5.73 Å². The van der Waals surface area contributed by atoms with Gasteiger partial charge in [0.2, 0.25) is 0 Å². The fraction of sp³-hybridized carbons (Fsp3) is 0.667. The Hall–Kier alpha value is -1.21. The summed E-state index contributed by atoms with van der Waals surface area (Å²) in [5.41, 5.74) is 5.14. The Labute approximate surface area is 77.8 Å². The van der Waals surface area contributed by atoms with E-state index in [9.17, 15) is 4.79 Å². The summed E-state index contributed by atoms with van der Waals surface area (Å²) >= 11 is 0. The largest absolute Gasteiger partial charge is 0.446 e. The average molecular weight is 182 g/mol. The molecule has 0 aromatic carbocycles. The van der Waals surface area contributed by atoms with E-state index in [2.05, 4.69) is 17.2 Å². The molecule has 0 aromatic rings. The van der Waals surface area contributed by atoms with Crippen LogP contribution in [0.25, 0.3) is 0 Å². The molecule has 0 bridgehead atoms. The molecule has 0 saturated heterocycles. The van der Waals surface area contributed by atoms with Gasteiger partial charge in [-0.05, 0) is 19.3 Å². The highest BCUT2D eigenvalue weighted by Gasteiger charge is 2.20. The Bertz CT molecular complexity index is 226. The van der Waals surface area contributed by atoms with Gasteiger partial charge < -0.3 is 15.8 Å². The van der Waals surface area contributed by atoms with E-state index in [1.807, 2.05) is 0 Å². The van der Waals surface area contributed by atoms with Gasteiger partial charge in [-0.2, -0.15) is 0 Å². The number of ether oxygens (including phenoxy) is 1. The molecule has 1 aliphatic rings. The molecule has 0 heterocycles. The molecule has 1 amide bonds. The van der Waals surface area contributed by atoms with Crippen LogP contribution in [0.3, 0.4) is 0 Å². The second-order valence-electron chi connectivity index (χ2n) is 2.87. The lowest BCUT2D eigenvalue weighted by Gasteiger charge is -2.24. The minimum atomic E-state index is -0.379. The van der Waals surface area contributed by atoms with Gasteiger partial charge in [0, 0.05) is 0 Å². The van der Waals surface area contributed by atoms with Gasteiger partial charge in [0.05, 0.1) is 13.1 Å². The molecule has 4 heteroatoms. The molecule has 0 atom stereocenters. The van der Waals surface area contributed by atoms with Gasteiger partial charge in [0.1, 0.15) is 6.10 Å². The van der Waals surface area contributed by atoms with Gasteiger partial charge >= 0.3 is 6.09 Å². The number of amides is 1. The minimum absolute atomic E-state index is 0.127. The third-order valence-electron chi connectivity index (χ3n) is 1.87. The summed E-state index contributed by atoms with van der Waals surface area (Å²) in [4.78, 5) is 11.0. The summed E-state index contributed by atoms with van der Waals surface area (Å²) in [5.74, 6) is 5.33. The van der Waals surface area contributed by atoms with Crippen molar-refractivity contribution < 1.29 is 9.53 Å². The molecule has 3 N–H and O–H groups in total. The number of hydrogen-bond acceptors (Lipinski definition) is 3. The topological polar surface area (TPSA) is 64.3 Å². The van der Waals surface area contributed by atoms with Crippen LogP contribution in [0.4, 0.5) is 4.79 Å². The zero-order chi connectivity index (χ0) is 9.52. The summed E-state index contributed by atoms with van der Waals surface area (Å²) in [6, 6.07) is 0. The summed E-state index contributed by atoms with van der Waals surface area (Å²) in [5, 5.41) is 2.53. The van der Waals surface area contributed by atoms with Crippen molar-refractivity contribution >= 4 is 6.09 Å². The average Bonchev–Trinajstić information content (AvgIpc) is 2.06. The molecule has 72 valence electrons. The lowest BCUT2D eigenvalue weighted by Crippen LogP contribution is -2.32. The SMILES string of the molecule is NCC#CCNC(=O)OC1CCC1. The van der Waals surface area contributed by atoms with E-state index in [1.54, 1.807) is 0 Å². The van der Waals surface area contributed by atoms with Crippen molar-refractivity contribution in [3.05, 3.63) is 0 Å². The van der Waals surface area contributed by atoms with Crippen molar-refractivity contribution in [2.75, 3.05) is 13.1 Å². The number of nitrogens with two attached hydrogens (primary N) is 1. The van der Waals surface area contributed by atoms with Crippen molar-refractivity contribution in [1.82, 2.24) is 5.32 Å². The summed E-state index contributed by atoms with van der Waals surface area (Å²) in [6.07, 6.45) is 2.88. The zero-order valence-electron chi connectivity index (χ0n) is 7.51. The van der Waals surface area contributed by atoms with Gasteiger partial charge in [0.15, 0.2) is 0 Å². The molecule has 13 heavy (non-hydrogen) atoms. The van der Waals surface area contributed by atoms with Crippen molar-refractivity contribution in [3.8, 4) is 11.8 Å². The summed E-state index contributed by atoms with van der Waals surface area (Å²) in [6.45, 7) is 0.627. The third kappa shape index (κ3) is 3.81. The molecular weight excluding hydrogens is 168 g/mol. The Morgan fingerprint density at radius 1 is 1.54 bits per heavy atom. The van der Waals surface area contributed by atoms with Crippen LogP contribution in [-0.4, -0.2) is 25.3 Å². The van der Waals surface area contributed by atoms with Gasteiger partial charge in [-0.25, -0.2) is 4.79 Å². The maximum Gasteiger partial charge on any atom is 0.408 e. The van der Waals surface area contributed by atoms with E-state index >= 15 is 0 Å². The zero-order valence-corrected chi connectivity index (χ0v) is 7.51. The van der Waals surface area contributed by atoms with Crippen LogP contribution < -0.4 is 11.1 Å². The van der Waals surface area contributed by atoms with Crippen LogP contribution >= 0.6 is 0 Å². The van der Waals surface area contributed by atoms with Gasteiger partial charge in [-0.15, -0.1) is 0 Å². The highest BCUT2D eigenvalue weighted by Crippen LogP contribution is 2.21. The summed E-state index contributed by atoms with van der Waals surface area (Å²) < 4.78 is 5.02. The molecule has 0 radical (unpaired) electrons. The first kappa shape index (κ1) is 9.87. The van der Waals surface area contributed by atoms with E-state index in [1.165, 1.54) is 0 Å². The second-order valence-corrected chi connectivity index (χ2v) is 2.87. The number of hydrogen-bond donors (Lipinski definition) is 2. The Morgan fingerprint density at radius 2 is 2.31 bits per heavy atom. The van der Waals surface area contributed by atoms with E-state index in [-0.39, 0.29) is 12.2 Å². The summed E-state index contributed by atoms with van der Waals surface area (Å²) in [7, 11) is 0. The first-order valence-electron chi connectivity index (χ1n) is 4.43. The maximum atomic E-state index is 11.0. The van der Waals surface area contributed by atoms with E-state index in [4.69, 9.17) is 10.5 Å². The monoisotopic (exact) mass is 182 g/mol. The molecule has 0 aromatic heterocycles. The molecule has 4 nitrogen and oxygen atoms in total. The van der Waals surface area contributed by atoms with E-state index in [0.29, 0.717) is 13.1 Å². The van der Waals surface area contributed by atoms with Crippen LogP contribution in [0.1, 0.15) is 19.3 Å². The van der Waals surface area contributed by atoms with Crippen molar-refractivity contribution in [1.29, 1.82) is 0 Å². The predicted octanol–water partition coefficient (Wildman–Crippen LogP) is 0.227. The van der Waals surface area contributed by atoms with Crippen molar-refractivity contribution in [2.45, 2.75) is 25.4 Å². The first-order chi connectivity index (χ1) is 6.33. The van der Waals surface area contributed by atoms with Crippen LogP contribution in [-0.2, 0) is 4.74 Å². The van der Waals surface area contributed by atoms with Gasteiger partial charge in [-0.1, -0.05) is 11.8 Å². The first-order valence-corrected chi connectivity index (χ1v) is 4.43. The normalized spacial score (nSPS) is 15.2. The van der Waals surface area contributed by atoms with Gasteiger partial charge in [0.25, 0.3) is 0 Å². The molecular formula is C9H14N2O2. The van der Waals surface area contributed by atoms with Crippen LogP contribution in [0, 0.1) is 11.8 Å². The van der Waals surface area contributed by atoms with E-state index < -0.39 is 0 Å². The highest BCUT2D eigenvalue weighted by atomic mass is 16.6. The smallest absolute Gasteiger partial charge is 0.408 e. The van der Waals surface area contributed by atoms with E-state index in [0.717, 1.165) is 19.3 Å². The highest BCUT2D eigenvalue weighted by molar-refractivity contribution is 5.67. The molecule has 0 spiro atoms. The fourth-order valence-corrected chi connectivity index (χ4v) is 0.933. The predicted molar refractivity (Wildman–Crippen MR) is 49.0 cm³/mol. The lowest BCUT2D eigenvalue weighted by atomic mass is 9.96. The Morgan fingerprint density at radius 3 is 2.85 bits per heavy atom. The van der Waals surface area contributed by atoms with Crippen LogP contribution in [0.15, 0.2) is 0 Å². The molecule has 1 aliphatic carbocycles. The number of rotatable bonds is 2. The number of carbonyl (C=O) groups excluding carboxylic acids is 1. The molecule has 0 aliphatic heterocycles. The Balaban J connectivity index is 2.03. The quantitative estimate of drug-likeness (QED) is 0.601. The molecule has 1 rings (SSSR count). The number of nitrogens with one attached hydrogen (secondary N) is 1. The number of alkyl carbamates (subject to hydrolysis) is 1. The Kier molecular flexibility index (Phi) is 4.13. The molecule has 1 fully saturated rings. The second kappa shape index (κ2) is 5.44. The molecule has 0 unspecified atom stereocenters. The van der Waals surface area contributed by atoms with Gasteiger partial charge in [-0.3, -0.25) is 0 Å². The maximum absolute atomic E-state index is 11.0. The molecule has 1 saturated carbocycles.